The van der Waals surface area contributed by atoms with E-state index in [0.717, 1.165) is 10.6 Å². The van der Waals surface area contributed by atoms with Crippen molar-refractivity contribution < 1.29 is 19.1 Å². The molecule has 4 rings (SSSR count). The fourth-order valence-electron chi connectivity index (χ4n) is 3.20. The number of rotatable bonds is 5. The van der Waals surface area contributed by atoms with E-state index >= 15 is 0 Å². The zero-order valence-corrected chi connectivity index (χ0v) is 14.8. The molecule has 0 unspecified atom stereocenters. The largest absolute Gasteiger partial charge is 0.460 e. The minimum atomic E-state index is -0.578. The lowest BCUT2D eigenvalue weighted by Crippen LogP contribution is -2.51. The molecule has 0 spiro atoms. The summed E-state index contributed by atoms with van der Waals surface area (Å²) in [6, 6.07) is 17.5. The molecule has 1 aliphatic heterocycles. The van der Waals surface area contributed by atoms with E-state index in [-0.39, 0.29) is 13.2 Å². The molecule has 3 aromatic rings. The number of imide groups is 1. The Kier molecular flexibility index (Phi) is 4.50. The first-order valence-electron chi connectivity index (χ1n) is 8.69. The molecule has 7 nitrogen and oxygen atoms in total. The van der Waals surface area contributed by atoms with E-state index in [1.165, 1.54) is 0 Å². The minimum Gasteiger partial charge on any atom is -0.460 e. The smallest absolute Gasteiger partial charge is 0.322 e. The normalized spacial score (nSPS) is 13.1. The molecule has 3 aromatic carbocycles. The number of hydrazine groups is 1. The highest BCUT2D eigenvalue weighted by atomic mass is 16.5. The number of carbonyl (C=O) groups excluding carboxylic acids is 3. The van der Waals surface area contributed by atoms with E-state index in [1.807, 2.05) is 30.3 Å². The maximum Gasteiger partial charge on any atom is 0.322 e. The van der Waals surface area contributed by atoms with E-state index in [0.29, 0.717) is 27.6 Å². The third-order valence-corrected chi connectivity index (χ3v) is 4.57. The molecule has 2 amide bonds. The first kappa shape index (κ1) is 17.7. The number of nitrogens with zero attached hydrogens (tertiary/aromatic N) is 1. The molecule has 7 heteroatoms. The third-order valence-electron chi connectivity index (χ3n) is 4.57. The highest BCUT2D eigenvalue weighted by Gasteiger charge is 2.33. The number of amides is 2. The molecule has 0 bridgehead atoms. The quantitative estimate of drug-likeness (QED) is 0.403. The number of nitrogens with two attached hydrogens (primary N) is 1. The van der Waals surface area contributed by atoms with Gasteiger partial charge in [-0.15, -0.1) is 0 Å². The van der Waals surface area contributed by atoms with Crippen LogP contribution in [0.4, 0.5) is 5.69 Å². The number of hydrogen-bond acceptors (Lipinski definition) is 6. The summed E-state index contributed by atoms with van der Waals surface area (Å²) in [6.45, 7) is -0.199. The topological polar surface area (TPSA) is 102 Å². The number of benzene rings is 3. The molecule has 3 N–H and O–H groups in total. The Morgan fingerprint density at radius 3 is 2.39 bits per heavy atom. The van der Waals surface area contributed by atoms with Gasteiger partial charge in [-0.1, -0.05) is 42.5 Å². The molecule has 0 saturated carbocycles. The zero-order chi connectivity index (χ0) is 19.7. The van der Waals surface area contributed by atoms with Gasteiger partial charge in [-0.25, -0.2) is 10.4 Å². The Balaban J connectivity index is 1.49. The summed E-state index contributed by atoms with van der Waals surface area (Å²) in [5.41, 5.74) is 10.6. The van der Waals surface area contributed by atoms with Crippen molar-refractivity contribution in [2.45, 2.75) is 6.61 Å². The van der Waals surface area contributed by atoms with Crippen LogP contribution in [0.1, 0.15) is 26.3 Å². The van der Waals surface area contributed by atoms with Crippen molar-refractivity contribution in [2.75, 3.05) is 12.3 Å². The highest BCUT2D eigenvalue weighted by Crippen LogP contribution is 2.32. The summed E-state index contributed by atoms with van der Waals surface area (Å²) >= 11 is 0. The van der Waals surface area contributed by atoms with E-state index < -0.39 is 17.8 Å². The summed E-state index contributed by atoms with van der Waals surface area (Å²) < 4.78 is 5.17. The lowest BCUT2D eigenvalue weighted by molar-refractivity contribution is -0.144. The first-order chi connectivity index (χ1) is 13.6. The SMILES string of the molecule is Nc1ccc2c3c(cccc13)C(=O)N(NCC(=O)OCc1ccccc1)C2=O. The van der Waals surface area contributed by atoms with Crippen LogP contribution in [0.5, 0.6) is 0 Å². The standard InChI is InChI=1S/C21H17N3O4/c22-17-10-9-16-19-14(17)7-4-8-15(19)20(26)24(21(16)27)23-11-18(25)28-12-13-5-2-1-3-6-13/h1-10,23H,11-12,22H2. The Labute approximate surface area is 160 Å². The lowest BCUT2D eigenvalue weighted by Gasteiger charge is -2.27. The lowest BCUT2D eigenvalue weighted by atomic mass is 9.94. The van der Waals surface area contributed by atoms with Crippen LogP contribution in [0.2, 0.25) is 0 Å². The third kappa shape index (κ3) is 3.08. The van der Waals surface area contributed by atoms with Crippen molar-refractivity contribution in [3.63, 3.8) is 0 Å². The van der Waals surface area contributed by atoms with E-state index in [2.05, 4.69) is 5.43 Å². The molecule has 0 radical (unpaired) electrons. The monoisotopic (exact) mass is 375 g/mol. The molecule has 1 aliphatic rings. The van der Waals surface area contributed by atoms with Gasteiger partial charge in [0.1, 0.15) is 13.2 Å². The van der Waals surface area contributed by atoms with Crippen molar-refractivity contribution in [1.29, 1.82) is 0 Å². The summed E-state index contributed by atoms with van der Waals surface area (Å²) in [7, 11) is 0. The average Bonchev–Trinajstić information content (AvgIpc) is 2.72. The average molecular weight is 375 g/mol. The highest BCUT2D eigenvalue weighted by molar-refractivity contribution is 6.26. The predicted molar refractivity (Wildman–Crippen MR) is 103 cm³/mol. The molecule has 0 aromatic heterocycles. The number of esters is 1. The van der Waals surface area contributed by atoms with Gasteiger partial charge in [0, 0.05) is 16.5 Å². The zero-order valence-electron chi connectivity index (χ0n) is 14.8. The minimum absolute atomic E-state index is 0.116. The van der Waals surface area contributed by atoms with Crippen LogP contribution in [0.15, 0.2) is 60.7 Å². The summed E-state index contributed by atoms with van der Waals surface area (Å²) in [5.74, 6) is -1.65. The Morgan fingerprint density at radius 1 is 0.929 bits per heavy atom. The van der Waals surface area contributed by atoms with Gasteiger partial charge in [-0.05, 0) is 23.8 Å². The Morgan fingerprint density at radius 2 is 1.64 bits per heavy atom. The second kappa shape index (κ2) is 7.13. The van der Waals surface area contributed by atoms with Crippen LogP contribution in [0, 0.1) is 0 Å². The summed E-state index contributed by atoms with van der Waals surface area (Å²) in [4.78, 5) is 37.5. The van der Waals surface area contributed by atoms with Crippen molar-refractivity contribution >= 4 is 34.2 Å². The van der Waals surface area contributed by atoms with Crippen LogP contribution >= 0.6 is 0 Å². The fraction of sp³-hybridized carbons (Fsp3) is 0.0952. The van der Waals surface area contributed by atoms with Crippen LogP contribution in [0.3, 0.4) is 0 Å². The molecule has 1 heterocycles. The van der Waals surface area contributed by atoms with Crippen molar-refractivity contribution in [3.8, 4) is 0 Å². The summed E-state index contributed by atoms with van der Waals surface area (Å²) in [5, 5.41) is 2.03. The van der Waals surface area contributed by atoms with Crippen LogP contribution in [-0.2, 0) is 16.1 Å². The second-order valence-electron chi connectivity index (χ2n) is 6.36. The molecular formula is C21H17N3O4. The summed E-state index contributed by atoms with van der Waals surface area (Å²) in [6.07, 6.45) is 0. The van der Waals surface area contributed by atoms with Crippen LogP contribution < -0.4 is 11.2 Å². The molecule has 28 heavy (non-hydrogen) atoms. The maximum atomic E-state index is 12.8. The maximum absolute atomic E-state index is 12.8. The molecule has 0 fully saturated rings. The van der Waals surface area contributed by atoms with Gasteiger partial charge in [0.2, 0.25) is 0 Å². The van der Waals surface area contributed by atoms with Gasteiger partial charge in [-0.2, -0.15) is 0 Å². The fourth-order valence-corrected chi connectivity index (χ4v) is 3.20. The van der Waals surface area contributed by atoms with Crippen LogP contribution in [-0.4, -0.2) is 29.3 Å². The molecule has 0 aliphatic carbocycles. The molecular weight excluding hydrogens is 358 g/mol. The van der Waals surface area contributed by atoms with Crippen LogP contribution in [0.25, 0.3) is 10.8 Å². The number of hydrogen-bond donors (Lipinski definition) is 2. The second-order valence-corrected chi connectivity index (χ2v) is 6.36. The number of carbonyl (C=O) groups is 3. The van der Waals surface area contributed by atoms with Gasteiger partial charge in [-0.3, -0.25) is 14.4 Å². The number of anilines is 1. The van der Waals surface area contributed by atoms with E-state index in [1.54, 1.807) is 30.3 Å². The molecule has 140 valence electrons. The van der Waals surface area contributed by atoms with Crippen molar-refractivity contribution in [1.82, 2.24) is 10.4 Å². The predicted octanol–water partition coefficient (Wildman–Crippen LogP) is 2.27. The van der Waals surface area contributed by atoms with E-state index in [4.69, 9.17) is 10.5 Å². The van der Waals surface area contributed by atoms with Gasteiger partial charge in [0.05, 0.1) is 11.1 Å². The van der Waals surface area contributed by atoms with Gasteiger partial charge >= 0.3 is 5.97 Å². The Hall–Kier alpha value is -3.71. The van der Waals surface area contributed by atoms with Gasteiger partial charge in [0.25, 0.3) is 11.8 Å². The molecule has 0 atom stereocenters. The van der Waals surface area contributed by atoms with E-state index in [9.17, 15) is 14.4 Å². The number of nitrogens with one attached hydrogen (secondary N) is 1. The van der Waals surface area contributed by atoms with Gasteiger partial charge < -0.3 is 10.5 Å². The molecule has 0 saturated heterocycles. The van der Waals surface area contributed by atoms with Crippen molar-refractivity contribution in [2.24, 2.45) is 0 Å². The van der Waals surface area contributed by atoms with Gasteiger partial charge in [0.15, 0.2) is 0 Å². The number of ether oxygens (including phenoxy) is 1. The Bertz CT molecular complexity index is 1070. The first-order valence-corrected chi connectivity index (χ1v) is 8.69. The number of nitrogen functional groups attached to an aromatic ring is 1. The van der Waals surface area contributed by atoms with Crippen molar-refractivity contribution in [3.05, 3.63) is 77.4 Å².